The zero-order valence-corrected chi connectivity index (χ0v) is 11.8. The van der Waals surface area contributed by atoms with Crippen LogP contribution in [0, 0.1) is 22.9 Å². The van der Waals surface area contributed by atoms with Gasteiger partial charge in [0, 0.05) is 24.7 Å². The molecule has 0 radical (unpaired) electrons. The molecule has 0 saturated heterocycles. The number of halogens is 1. The van der Waals surface area contributed by atoms with Crippen LogP contribution in [0.3, 0.4) is 0 Å². The lowest BCUT2D eigenvalue weighted by Gasteiger charge is -2.08. The highest BCUT2D eigenvalue weighted by Crippen LogP contribution is 2.21. The summed E-state index contributed by atoms with van der Waals surface area (Å²) >= 11 is 0. The average Bonchev–Trinajstić information content (AvgIpc) is 3.25. The fraction of sp³-hybridized carbons (Fsp3) is 0.500. The minimum atomic E-state index is -0.714. The van der Waals surface area contributed by atoms with E-state index in [4.69, 9.17) is 0 Å². The monoisotopic (exact) mass is 295 g/mol. The summed E-state index contributed by atoms with van der Waals surface area (Å²) in [6.07, 6.45) is 3.13. The number of nitro groups is 1. The van der Waals surface area contributed by atoms with Gasteiger partial charge in [-0.2, -0.15) is 0 Å². The lowest BCUT2D eigenvalue weighted by atomic mass is 10.1. The van der Waals surface area contributed by atoms with Gasteiger partial charge in [-0.3, -0.25) is 14.9 Å². The molecule has 7 heteroatoms. The third-order valence-corrected chi connectivity index (χ3v) is 3.34. The van der Waals surface area contributed by atoms with E-state index in [-0.39, 0.29) is 16.8 Å². The number of hydrogen-bond donors (Lipinski definition) is 2. The van der Waals surface area contributed by atoms with E-state index in [2.05, 4.69) is 10.6 Å². The third-order valence-electron chi connectivity index (χ3n) is 3.34. The van der Waals surface area contributed by atoms with Gasteiger partial charge in [-0.05, 0) is 38.3 Å². The second-order valence-electron chi connectivity index (χ2n) is 5.22. The Morgan fingerprint density at radius 1 is 1.43 bits per heavy atom. The number of rotatable bonds is 7. The molecular formula is C14H18FN3O3. The Morgan fingerprint density at radius 2 is 2.14 bits per heavy atom. The minimum absolute atomic E-state index is 0.0877. The number of aryl methyl sites for hydroxylation is 1. The molecule has 1 aliphatic carbocycles. The fourth-order valence-electron chi connectivity index (χ4n) is 2.00. The van der Waals surface area contributed by atoms with Crippen LogP contribution in [0.1, 0.15) is 35.2 Å². The number of non-ortho nitro benzene ring substituents is 1. The van der Waals surface area contributed by atoms with Crippen LogP contribution in [0.5, 0.6) is 0 Å². The van der Waals surface area contributed by atoms with Crippen LogP contribution in [-0.4, -0.2) is 30.0 Å². The van der Waals surface area contributed by atoms with Crippen molar-refractivity contribution >= 4 is 11.6 Å². The van der Waals surface area contributed by atoms with Crippen molar-refractivity contribution in [3.05, 3.63) is 39.2 Å². The molecule has 6 nitrogen and oxygen atoms in total. The van der Waals surface area contributed by atoms with Crippen molar-refractivity contribution in [2.24, 2.45) is 0 Å². The standard InChI is InChI=1S/C14H18FN3O3/c1-9-7-11(18(20)21)8-12(13(9)15)14(19)17-6-2-5-16-10-3-4-10/h7-8,10,16H,2-6H2,1H3,(H,17,19). The molecule has 1 aliphatic rings. The van der Waals surface area contributed by atoms with Crippen molar-refractivity contribution in [3.8, 4) is 0 Å². The Hall–Kier alpha value is -2.02. The molecule has 0 spiro atoms. The Kier molecular flexibility index (Phi) is 4.85. The smallest absolute Gasteiger partial charge is 0.270 e. The second kappa shape index (κ2) is 6.62. The van der Waals surface area contributed by atoms with Gasteiger partial charge in [0.05, 0.1) is 10.5 Å². The summed E-state index contributed by atoms with van der Waals surface area (Å²) < 4.78 is 13.9. The number of carbonyl (C=O) groups is 1. The van der Waals surface area contributed by atoms with E-state index in [9.17, 15) is 19.3 Å². The van der Waals surface area contributed by atoms with E-state index in [1.165, 1.54) is 19.8 Å². The van der Waals surface area contributed by atoms with Gasteiger partial charge < -0.3 is 10.6 Å². The molecule has 0 bridgehead atoms. The molecular weight excluding hydrogens is 277 g/mol. The second-order valence-corrected chi connectivity index (χ2v) is 5.22. The lowest BCUT2D eigenvalue weighted by molar-refractivity contribution is -0.385. The zero-order valence-electron chi connectivity index (χ0n) is 11.8. The molecule has 1 aromatic rings. The third kappa shape index (κ3) is 4.22. The molecule has 2 N–H and O–H groups in total. The van der Waals surface area contributed by atoms with Crippen LogP contribution in [0.15, 0.2) is 12.1 Å². The molecule has 1 saturated carbocycles. The number of nitrogens with zero attached hydrogens (tertiary/aromatic N) is 1. The van der Waals surface area contributed by atoms with Crippen LogP contribution in [0.25, 0.3) is 0 Å². The first-order chi connectivity index (χ1) is 9.99. The Morgan fingerprint density at radius 3 is 2.76 bits per heavy atom. The van der Waals surface area contributed by atoms with E-state index < -0.39 is 16.6 Å². The number of carbonyl (C=O) groups excluding carboxylic acids is 1. The van der Waals surface area contributed by atoms with Gasteiger partial charge in [-0.1, -0.05) is 0 Å². The largest absolute Gasteiger partial charge is 0.352 e. The maximum Gasteiger partial charge on any atom is 0.270 e. The molecule has 2 rings (SSSR count). The fourth-order valence-corrected chi connectivity index (χ4v) is 2.00. The Bertz CT molecular complexity index is 559. The first-order valence-electron chi connectivity index (χ1n) is 6.95. The van der Waals surface area contributed by atoms with Crippen LogP contribution < -0.4 is 10.6 Å². The number of nitro benzene ring substituents is 1. The van der Waals surface area contributed by atoms with Crippen molar-refractivity contribution in [2.75, 3.05) is 13.1 Å². The lowest BCUT2D eigenvalue weighted by Crippen LogP contribution is -2.28. The summed E-state index contributed by atoms with van der Waals surface area (Å²) in [5.41, 5.74) is -0.476. The van der Waals surface area contributed by atoms with E-state index >= 15 is 0 Å². The summed E-state index contributed by atoms with van der Waals surface area (Å²) in [5.74, 6) is -1.33. The van der Waals surface area contributed by atoms with Crippen molar-refractivity contribution < 1.29 is 14.1 Å². The van der Waals surface area contributed by atoms with Gasteiger partial charge in [0.2, 0.25) is 0 Å². The van der Waals surface area contributed by atoms with E-state index in [0.29, 0.717) is 12.6 Å². The number of amides is 1. The predicted octanol–water partition coefficient (Wildman–Crippen LogP) is 1.91. The van der Waals surface area contributed by atoms with Gasteiger partial charge in [-0.25, -0.2) is 4.39 Å². The molecule has 0 aromatic heterocycles. The number of nitrogens with one attached hydrogen (secondary N) is 2. The van der Waals surface area contributed by atoms with Crippen LogP contribution in [0.4, 0.5) is 10.1 Å². The molecule has 0 heterocycles. The molecule has 0 atom stereocenters. The van der Waals surface area contributed by atoms with Crippen LogP contribution >= 0.6 is 0 Å². The Labute approximate surface area is 121 Å². The van der Waals surface area contributed by atoms with Crippen molar-refractivity contribution in [3.63, 3.8) is 0 Å². The summed E-state index contributed by atoms with van der Waals surface area (Å²) in [4.78, 5) is 22.0. The van der Waals surface area contributed by atoms with E-state index in [0.717, 1.165) is 25.1 Å². The Balaban J connectivity index is 1.92. The normalized spacial score (nSPS) is 14.0. The molecule has 1 fully saturated rings. The molecule has 0 aliphatic heterocycles. The quantitative estimate of drug-likeness (QED) is 0.457. The molecule has 21 heavy (non-hydrogen) atoms. The van der Waals surface area contributed by atoms with Crippen molar-refractivity contribution in [1.82, 2.24) is 10.6 Å². The first-order valence-corrected chi connectivity index (χ1v) is 6.95. The zero-order chi connectivity index (χ0) is 15.4. The van der Waals surface area contributed by atoms with Crippen molar-refractivity contribution in [1.29, 1.82) is 0 Å². The molecule has 0 unspecified atom stereocenters. The average molecular weight is 295 g/mol. The van der Waals surface area contributed by atoms with Gasteiger partial charge in [0.15, 0.2) is 0 Å². The van der Waals surface area contributed by atoms with Crippen LogP contribution in [0.2, 0.25) is 0 Å². The summed E-state index contributed by atoms with van der Waals surface area (Å²) in [6.45, 7) is 2.60. The van der Waals surface area contributed by atoms with Crippen LogP contribution in [-0.2, 0) is 0 Å². The SMILES string of the molecule is Cc1cc([N+](=O)[O-])cc(C(=O)NCCCNC2CC2)c1F. The highest BCUT2D eigenvalue weighted by Gasteiger charge is 2.20. The van der Waals surface area contributed by atoms with Gasteiger partial charge >= 0.3 is 0 Å². The number of benzene rings is 1. The van der Waals surface area contributed by atoms with Gasteiger partial charge in [0.1, 0.15) is 5.82 Å². The highest BCUT2D eigenvalue weighted by molar-refractivity contribution is 5.95. The molecule has 1 aromatic carbocycles. The van der Waals surface area contributed by atoms with Crippen molar-refractivity contribution in [2.45, 2.75) is 32.2 Å². The minimum Gasteiger partial charge on any atom is -0.352 e. The maximum absolute atomic E-state index is 13.9. The summed E-state index contributed by atoms with van der Waals surface area (Å²) in [5, 5.41) is 16.6. The maximum atomic E-state index is 13.9. The van der Waals surface area contributed by atoms with Gasteiger partial charge in [-0.15, -0.1) is 0 Å². The highest BCUT2D eigenvalue weighted by atomic mass is 19.1. The summed E-state index contributed by atoms with van der Waals surface area (Å²) in [7, 11) is 0. The molecule has 114 valence electrons. The van der Waals surface area contributed by atoms with E-state index in [1.54, 1.807) is 0 Å². The number of hydrogen-bond acceptors (Lipinski definition) is 4. The van der Waals surface area contributed by atoms with E-state index in [1.807, 2.05) is 0 Å². The predicted molar refractivity (Wildman–Crippen MR) is 75.8 cm³/mol. The first kappa shape index (κ1) is 15.4. The molecule has 1 amide bonds. The topological polar surface area (TPSA) is 84.3 Å². The van der Waals surface area contributed by atoms with Gasteiger partial charge in [0.25, 0.3) is 11.6 Å². The summed E-state index contributed by atoms with van der Waals surface area (Å²) in [6, 6.07) is 2.70.